The largest absolute Gasteiger partial charge is 0.390 e. The van der Waals surface area contributed by atoms with Gasteiger partial charge in [-0.3, -0.25) is 14.7 Å². The molecule has 23 heavy (non-hydrogen) atoms. The number of benzene rings is 1. The van der Waals surface area contributed by atoms with Gasteiger partial charge < -0.3 is 10.4 Å². The zero-order chi connectivity index (χ0) is 16.2. The molecule has 0 aliphatic carbocycles. The van der Waals surface area contributed by atoms with E-state index in [0.717, 1.165) is 5.56 Å². The molecule has 2 N–H and O–H groups in total. The minimum Gasteiger partial charge on any atom is -0.390 e. The van der Waals surface area contributed by atoms with Crippen LogP contribution in [-0.4, -0.2) is 46.1 Å². The summed E-state index contributed by atoms with van der Waals surface area (Å²) in [6.45, 7) is 1.48. The molecule has 1 aromatic heterocycles. The van der Waals surface area contributed by atoms with Crippen molar-refractivity contribution in [1.82, 2.24) is 15.2 Å². The maximum Gasteiger partial charge on any atom is 0.270 e. The number of carbonyl (C=O) groups excluding carboxylic acids is 1. The van der Waals surface area contributed by atoms with E-state index in [9.17, 15) is 14.3 Å². The summed E-state index contributed by atoms with van der Waals surface area (Å²) >= 11 is 0. The van der Waals surface area contributed by atoms with Crippen molar-refractivity contribution in [2.24, 2.45) is 0 Å². The van der Waals surface area contributed by atoms with Crippen LogP contribution in [0.2, 0.25) is 0 Å². The second-order valence-corrected chi connectivity index (χ2v) is 5.69. The number of nitrogens with zero attached hydrogens (tertiary/aromatic N) is 2. The van der Waals surface area contributed by atoms with Crippen molar-refractivity contribution in [3.63, 3.8) is 0 Å². The van der Waals surface area contributed by atoms with E-state index in [1.807, 2.05) is 11.0 Å². The molecule has 0 radical (unpaired) electrons. The summed E-state index contributed by atoms with van der Waals surface area (Å²) in [4.78, 5) is 18.1. The highest BCUT2D eigenvalue weighted by atomic mass is 19.1. The first-order chi connectivity index (χ1) is 11.1. The quantitative estimate of drug-likeness (QED) is 0.890. The molecule has 2 aromatic rings. The van der Waals surface area contributed by atoms with E-state index in [4.69, 9.17) is 0 Å². The standard InChI is InChI=1S/C17H18FN3O2/c18-13-5-3-4-12(8-13)9-21-10-15(16(22)11-21)20-17(23)14-6-1-2-7-19-14/h1-8,15-16,22H,9-11H2,(H,20,23)/t15-,16-/m1/s1. The van der Waals surface area contributed by atoms with E-state index in [0.29, 0.717) is 25.3 Å². The first-order valence-corrected chi connectivity index (χ1v) is 7.48. The summed E-state index contributed by atoms with van der Waals surface area (Å²) in [7, 11) is 0. The van der Waals surface area contributed by atoms with Gasteiger partial charge in [0.15, 0.2) is 0 Å². The number of amides is 1. The molecule has 0 saturated carbocycles. The number of hydrogen-bond donors (Lipinski definition) is 2. The van der Waals surface area contributed by atoms with Crippen LogP contribution < -0.4 is 5.32 Å². The highest BCUT2D eigenvalue weighted by Gasteiger charge is 2.32. The van der Waals surface area contributed by atoms with Crippen molar-refractivity contribution in [3.05, 3.63) is 65.7 Å². The molecule has 0 bridgehead atoms. The SMILES string of the molecule is O=C(N[C@@H]1CN(Cc2cccc(F)c2)C[C@H]1O)c1ccccn1. The van der Waals surface area contributed by atoms with Gasteiger partial charge in [-0.2, -0.15) is 0 Å². The molecule has 1 aliphatic rings. The zero-order valence-electron chi connectivity index (χ0n) is 12.5. The van der Waals surface area contributed by atoms with Crippen LogP contribution in [0.5, 0.6) is 0 Å². The van der Waals surface area contributed by atoms with Crippen molar-refractivity contribution >= 4 is 5.91 Å². The monoisotopic (exact) mass is 315 g/mol. The molecule has 120 valence electrons. The van der Waals surface area contributed by atoms with Gasteiger partial charge in [0.25, 0.3) is 5.91 Å². The van der Waals surface area contributed by atoms with Gasteiger partial charge in [-0.15, -0.1) is 0 Å². The summed E-state index contributed by atoms with van der Waals surface area (Å²) in [5.41, 5.74) is 1.16. The number of aromatic nitrogens is 1. The average Bonchev–Trinajstić information content (AvgIpc) is 2.87. The molecular weight excluding hydrogens is 297 g/mol. The molecule has 1 amide bonds. The first-order valence-electron chi connectivity index (χ1n) is 7.48. The Morgan fingerprint density at radius 1 is 1.30 bits per heavy atom. The highest BCUT2D eigenvalue weighted by molar-refractivity contribution is 5.92. The minimum atomic E-state index is -0.656. The Hall–Kier alpha value is -2.31. The van der Waals surface area contributed by atoms with Crippen LogP contribution in [-0.2, 0) is 6.54 Å². The predicted octanol–water partition coefficient (Wildman–Crippen LogP) is 1.20. The molecule has 6 heteroatoms. The number of nitrogens with one attached hydrogen (secondary N) is 1. The van der Waals surface area contributed by atoms with Gasteiger partial charge in [0.1, 0.15) is 11.5 Å². The molecule has 2 atom stereocenters. The lowest BCUT2D eigenvalue weighted by atomic mass is 10.2. The second kappa shape index (κ2) is 6.85. The number of aliphatic hydroxyl groups excluding tert-OH is 1. The number of halogens is 1. The Kier molecular flexibility index (Phi) is 4.64. The Morgan fingerprint density at radius 2 is 2.17 bits per heavy atom. The van der Waals surface area contributed by atoms with Crippen LogP contribution >= 0.6 is 0 Å². The van der Waals surface area contributed by atoms with Crippen LogP contribution in [0.4, 0.5) is 4.39 Å². The van der Waals surface area contributed by atoms with Gasteiger partial charge in [0, 0.05) is 25.8 Å². The second-order valence-electron chi connectivity index (χ2n) is 5.69. The number of pyridine rings is 1. The molecule has 1 aromatic carbocycles. The van der Waals surface area contributed by atoms with Gasteiger partial charge in [0.05, 0.1) is 12.1 Å². The summed E-state index contributed by atoms with van der Waals surface area (Å²) in [6.07, 6.45) is 0.896. The van der Waals surface area contributed by atoms with Crippen LogP contribution in [0.1, 0.15) is 16.1 Å². The predicted molar refractivity (Wildman–Crippen MR) is 83.2 cm³/mol. The Morgan fingerprint density at radius 3 is 2.91 bits per heavy atom. The van der Waals surface area contributed by atoms with Gasteiger partial charge in [-0.25, -0.2) is 4.39 Å². The van der Waals surface area contributed by atoms with Crippen LogP contribution in [0.3, 0.4) is 0 Å². The van der Waals surface area contributed by atoms with E-state index in [2.05, 4.69) is 10.3 Å². The maximum atomic E-state index is 13.2. The van der Waals surface area contributed by atoms with Crippen molar-refractivity contribution in [2.75, 3.05) is 13.1 Å². The Labute approximate surface area is 133 Å². The first kappa shape index (κ1) is 15.6. The highest BCUT2D eigenvalue weighted by Crippen LogP contribution is 2.15. The molecule has 1 aliphatic heterocycles. The summed E-state index contributed by atoms with van der Waals surface area (Å²) in [5, 5.41) is 12.9. The lowest BCUT2D eigenvalue weighted by Crippen LogP contribution is -2.43. The van der Waals surface area contributed by atoms with Crippen molar-refractivity contribution in [3.8, 4) is 0 Å². The third-order valence-corrected chi connectivity index (χ3v) is 3.87. The van der Waals surface area contributed by atoms with Gasteiger partial charge in [-0.1, -0.05) is 18.2 Å². The van der Waals surface area contributed by atoms with Gasteiger partial charge in [-0.05, 0) is 29.8 Å². The average molecular weight is 315 g/mol. The fourth-order valence-corrected chi connectivity index (χ4v) is 2.77. The van der Waals surface area contributed by atoms with E-state index in [1.54, 1.807) is 30.5 Å². The van der Waals surface area contributed by atoms with Crippen molar-refractivity contribution < 1.29 is 14.3 Å². The van der Waals surface area contributed by atoms with Gasteiger partial charge in [0.2, 0.25) is 0 Å². The molecule has 2 heterocycles. The number of aliphatic hydroxyl groups is 1. The third kappa shape index (κ3) is 3.91. The molecule has 0 unspecified atom stereocenters. The van der Waals surface area contributed by atoms with Gasteiger partial charge >= 0.3 is 0 Å². The number of carbonyl (C=O) groups is 1. The third-order valence-electron chi connectivity index (χ3n) is 3.87. The van der Waals surface area contributed by atoms with Crippen molar-refractivity contribution in [1.29, 1.82) is 0 Å². The minimum absolute atomic E-state index is 0.276. The van der Waals surface area contributed by atoms with E-state index in [-0.39, 0.29) is 17.8 Å². The molecule has 0 spiro atoms. The molecule has 5 nitrogen and oxygen atoms in total. The molecular formula is C17H18FN3O2. The van der Waals surface area contributed by atoms with E-state index < -0.39 is 6.10 Å². The number of rotatable bonds is 4. The lowest BCUT2D eigenvalue weighted by molar-refractivity contribution is 0.0883. The maximum absolute atomic E-state index is 13.2. The van der Waals surface area contributed by atoms with E-state index >= 15 is 0 Å². The van der Waals surface area contributed by atoms with Crippen LogP contribution in [0.15, 0.2) is 48.7 Å². The van der Waals surface area contributed by atoms with E-state index in [1.165, 1.54) is 12.1 Å². The lowest BCUT2D eigenvalue weighted by Gasteiger charge is -2.16. The topological polar surface area (TPSA) is 65.5 Å². The summed E-state index contributed by atoms with van der Waals surface area (Å²) in [5.74, 6) is -0.579. The number of likely N-dealkylation sites (tertiary alicyclic amines) is 1. The summed E-state index contributed by atoms with van der Waals surface area (Å²) in [6, 6.07) is 11.1. The normalized spacial score (nSPS) is 21.3. The van der Waals surface area contributed by atoms with Crippen LogP contribution in [0, 0.1) is 5.82 Å². The number of β-amino-alcohol motifs (C(OH)–C–C–N with tert-alkyl or cyclic N) is 1. The molecule has 1 fully saturated rings. The molecule has 3 rings (SSSR count). The number of hydrogen-bond acceptors (Lipinski definition) is 4. The smallest absolute Gasteiger partial charge is 0.270 e. The van der Waals surface area contributed by atoms with Crippen molar-refractivity contribution in [2.45, 2.75) is 18.7 Å². The Bertz CT molecular complexity index is 681. The van der Waals surface area contributed by atoms with Crippen LogP contribution in [0.25, 0.3) is 0 Å². The Balaban J connectivity index is 1.59. The zero-order valence-corrected chi connectivity index (χ0v) is 12.5. The fraction of sp³-hybridized carbons (Fsp3) is 0.294. The molecule has 1 saturated heterocycles. The fourth-order valence-electron chi connectivity index (χ4n) is 2.77. The summed E-state index contributed by atoms with van der Waals surface area (Å²) < 4.78 is 13.2.